The van der Waals surface area contributed by atoms with Gasteiger partial charge in [-0.15, -0.1) is 0 Å². The molecule has 88 valence electrons. The van der Waals surface area contributed by atoms with Crippen molar-refractivity contribution < 1.29 is 4.79 Å². The van der Waals surface area contributed by atoms with Crippen molar-refractivity contribution in [1.29, 1.82) is 0 Å². The van der Waals surface area contributed by atoms with E-state index in [1.807, 2.05) is 0 Å². The average Bonchev–Trinajstić information content (AvgIpc) is 2.27. The van der Waals surface area contributed by atoms with E-state index in [2.05, 4.69) is 24.5 Å². The summed E-state index contributed by atoms with van der Waals surface area (Å²) in [4.78, 5) is 11.8. The summed E-state index contributed by atoms with van der Waals surface area (Å²) in [5.41, 5.74) is 0. The topological polar surface area (TPSA) is 41.1 Å². The van der Waals surface area contributed by atoms with E-state index in [-0.39, 0.29) is 11.9 Å². The van der Waals surface area contributed by atoms with Crippen molar-refractivity contribution in [2.75, 3.05) is 6.54 Å². The molecule has 1 amide bonds. The van der Waals surface area contributed by atoms with Gasteiger partial charge in [0.25, 0.3) is 0 Å². The highest BCUT2D eigenvalue weighted by Gasteiger charge is 2.21. The van der Waals surface area contributed by atoms with E-state index < -0.39 is 0 Å². The first-order valence-electron chi connectivity index (χ1n) is 6.27. The highest BCUT2D eigenvalue weighted by molar-refractivity contribution is 5.82. The van der Waals surface area contributed by atoms with Crippen LogP contribution in [0, 0.1) is 0 Å². The lowest BCUT2D eigenvalue weighted by Crippen LogP contribution is -2.48. The van der Waals surface area contributed by atoms with E-state index in [9.17, 15) is 4.79 Å². The quantitative estimate of drug-likeness (QED) is 0.730. The number of hydrogen-bond donors (Lipinski definition) is 2. The lowest BCUT2D eigenvalue weighted by atomic mass is 10.0. The van der Waals surface area contributed by atoms with Crippen LogP contribution in [0.15, 0.2) is 0 Å². The van der Waals surface area contributed by atoms with Crippen molar-refractivity contribution in [3.05, 3.63) is 0 Å². The van der Waals surface area contributed by atoms with E-state index in [1.165, 1.54) is 25.7 Å². The summed E-state index contributed by atoms with van der Waals surface area (Å²) < 4.78 is 0. The average molecular weight is 212 g/mol. The molecule has 1 aliphatic heterocycles. The van der Waals surface area contributed by atoms with Gasteiger partial charge in [0.1, 0.15) is 0 Å². The van der Waals surface area contributed by atoms with Gasteiger partial charge in [-0.1, -0.05) is 26.2 Å². The first kappa shape index (κ1) is 12.5. The van der Waals surface area contributed by atoms with Gasteiger partial charge in [-0.2, -0.15) is 0 Å². The first-order chi connectivity index (χ1) is 7.24. The third-order valence-electron chi connectivity index (χ3n) is 3.01. The fourth-order valence-electron chi connectivity index (χ4n) is 2.00. The molecule has 1 saturated heterocycles. The second-order valence-corrected chi connectivity index (χ2v) is 4.55. The molecule has 0 aromatic rings. The zero-order valence-corrected chi connectivity index (χ0v) is 10.0. The van der Waals surface area contributed by atoms with E-state index in [0.717, 1.165) is 19.4 Å². The minimum Gasteiger partial charge on any atom is -0.352 e. The minimum atomic E-state index is 0.0582. The van der Waals surface area contributed by atoms with Gasteiger partial charge < -0.3 is 10.6 Å². The monoisotopic (exact) mass is 212 g/mol. The molecular formula is C12H24N2O. The maximum atomic E-state index is 11.8. The molecule has 3 nitrogen and oxygen atoms in total. The highest BCUT2D eigenvalue weighted by Crippen LogP contribution is 2.08. The summed E-state index contributed by atoms with van der Waals surface area (Å²) in [5, 5.41) is 6.35. The number of unbranched alkanes of at least 4 members (excludes halogenated alkanes) is 1. The lowest BCUT2D eigenvalue weighted by Gasteiger charge is -2.24. The molecule has 0 aromatic carbocycles. The van der Waals surface area contributed by atoms with Crippen LogP contribution in [0.2, 0.25) is 0 Å². The molecule has 1 unspecified atom stereocenters. The summed E-state index contributed by atoms with van der Waals surface area (Å²) in [6.07, 6.45) is 6.85. The first-order valence-corrected chi connectivity index (χ1v) is 6.27. The molecule has 15 heavy (non-hydrogen) atoms. The van der Waals surface area contributed by atoms with Gasteiger partial charge in [-0.05, 0) is 32.7 Å². The molecule has 0 saturated carbocycles. The van der Waals surface area contributed by atoms with Crippen molar-refractivity contribution in [1.82, 2.24) is 10.6 Å². The van der Waals surface area contributed by atoms with Crippen molar-refractivity contribution in [3.8, 4) is 0 Å². The number of nitrogens with one attached hydrogen (secondary N) is 2. The molecule has 0 radical (unpaired) electrons. The molecule has 1 rings (SSSR count). The number of carbonyl (C=O) groups excluding carboxylic acids is 1. The van der Waals surface area contributed by atoms with Crippen LogP contribution >= 0.6 is 0 Å². The lowest BCUT2D eigenvalue weighted by molar-refractivity contribution is -0.124. The normalized spacial score (nSPS) is 23.5. The van der Waals surface area contributed by atoms with Crippen LogP contribution in [0.4, 0.5) is 0 Å². The second-order valence-electron chi connectivity index (χ2n) is 4.55. The van der Waals surface area contributed by atoms with Gasteiger partial charge in [-0.25, -0.2) is 0 Å². The number of hydrogen-bond acceptors (Lipinski definition) is 2. The molecule has 0 aliphatic carbocycles. The van der Waals surface area contributed by atoms with Gasteiger partial charge in [0.05, 0.1) is 6.04 Å². The Morgan fingerprint density at radius 3 is 2.93 bits per heavy atom. The summed E-state index contributed by atoms with van der Waals surface area (Å²) in [7, 11) is 0. The third kappa shape index (κ3) is 4.65. The Labute approximate surface area is 93.0 Å². The zero-order valence-electron chi connectivity index (χ0n) is 10.0. The third-order valence-corrected chi connectivity index (χ3v) is 3.01. The van der Waals surface area contributed by atoms with Crippen LogP contribution in [-0.2, 0) is 4.79 Å². The van der Waals surface area contributed by atoms with Crippen LogP contribution in [-0.4, -0.2) is 24.5 Å². The summed E-state index contributed by atoms with van der Waals surface area (Å²) in [6.45, 7) is 5.26. The Morgan fingerprint density at radius 1 is 1.53 bits per heavy atom. The van der Waals surface area contributed by atoms with Crippen molar-refractivity contribution in [2.45, 2.75) is 64.5 Å². The van der Waals surface area contributed by atoms with Gasteiger partial charge in [0.15, 0.2) is 0 Å². The largest absolute Gasteiger partial charge is 0.352 e. The number of carbonyl (C=O) groups is 1. The number of amides is 1. The van der Waals surface area contributed by atoms with Crippen LogP contribution in [0.25, 0.3) is 0 Å². The SMILES string of the molecule is CCCCC(C)NC(=O)[C@H]1CCCCN1. The maximum absolute atomic E-state index is 11.8. The van der Waals surface area contributed by atoms with E-state index in [1.54, 1.807) is 0 Å². The van der Waals surface area contributed by atoms with Crippen molar-refractivity contribution in [3.63, 3.8) is 0 Å². The van der Waals surface area contributed by atoms with Crippen LogP contribution in [0.3, 0.4) is 0 Å². The standard InChI is InChI=1S/C12H24N2O/c1-3-4-7-10(2)14-12(15)11-8-5-6-9-13-11/h10-11,13H,3-9H2,1-2H3,(H,14,15)/t10?,11-/m1/s1. The molecule has 3 heteroatoms. The predicted octanol–water partition coefficient (Wildman–Crippen LogP) is 1.82. The van der Waals surface area contributed by atoms with Gasteiger partial charge in [-0.3, -0.25) is 4.79 Å². The van der Waals surface area contributed by atoms with Gasteiger partial charge >= 0.3 is 0 Å². The molecule has 1 heterocycles. The van der Waals surface area contributed by atoms with Crippen LogP contribution in [0.1, 0.15) is 52.4 Å². The van der Waals surface area contributed by atoms with E-state index in [4.69, 9.17) is 0 Å². The Balaban J connectivity index is 2.21. The Hall–Kier alpha value is -0.570. The van der Waals surface area contributed by atoms with E-state index in [0.29, 0.717) is 6.04 Å². The molecule has 2 N–H and O–H groups in total. The maximum Gasteiger partial charge on any atom is 0.237 e. The highest BCUT2D eigenvalue weighted by atomic mass is 16.2. The molecule has 0 spiro atoms. The number of piperidine rings is 1. The van der Waals surface area contributed by atoms with Crippen LogP contribution < -0.4 is 10.6 Å². The second kappa shape index (κ2) is 6.83. The number of rotatable bonds is 5. The predicted molar refractivity (Wildman–Crippen MR) is 62.8 cm³/mol. The van der Waals surface area contributed by atoms with Gasteiger partial charge in [0.2, 0.25) is 5.91 Å². The summed E-state index contributed by atoms with van der Waals surface area (Å²) in [5.74, 6) is 0.193. The minimum absolute atomic E-state index is 0.0582. The summed E-state index contributed by atoms with van der Waals surface area (Å²) in [6, 6.07) is 0.379. The molecule has 0 bridgehead atoms. The fourth-order valence-corrected chi connectivity index (χ4v) is 2.00. The summed E-state index contributed by atoms with van der Waals surface area (Å²) >= 11 is 0. The Bertz CT molecular complexity index is 188. The molecular weight excluding hydrogens is 188 g/mol. The smallest absolute Gasteiger partial charge is 0.237 e. The molecule has 0 aromatic heterocycles. The van der Waals surface area contributed by atoms with E-state index >= 15 is 0 Å². The van der Waals surface area contributed by atoms with Gasteiger partial charge in [0, 0.05) is 6.04 Å². The molecule has 2 atom stereocenters. The fraction of sp³-hybridized carbons (Fsp3) is 0.917. The van der Waals surface area contributed by atoms with Crippen molar-refractivity contribution >= 4 is 5.91 Å². The Kier molecular flexibility index (Phi) is 5.69. The molecule has 1 aliphatic rings. The molecule has 1 fully saturated rings. The Morgan fingerprint density at radius 2 is 2.33 bits per heavy atom. The van der Waals surface area contributed by atoms with Crippen molar-refractivity contribution in [2.24, 2.45) is 0 Å². The van der Waals surface area contributed by atoms with Crippen LogP contribution in [0.5, 0.6) is 0 Å². The zero-order chi connectivity index (χ0) is 11.1.